The number of imide groups is 1. The van der Waals surface area contributed by atoms with E-state index in [0.29, 0.717) is 6.54 Å². The number of rotatable bonds is 2. The lowest BCUT2D eigenvalue weighted by Crippen LogP contribution is -2.22. The Bertz CT molecular complexity index is 552. The van der Waals surface area contributed by atoms with Gasteiger partial charge in [-0.3, -0.25) is 15.0 Å². The van der Waals surface area contributed by atoms with Crippen molar-refractivity contribution in [2.75, 3.05) is 20.6 Å². The summed E-state index contributed by atoms with van der Waals surface area (Å²) in [4.78, 5) is 24.5. The Kier molecular flexibility index (Phi) is 3.83. The molecule has 98 valence electrons. The average Bonchev–Trinajstić information content (AvgIpc) is 2.69. The van der Waals surface area contributed by atoms with E-state index < -0.39 is 12.1 Å². The van der Waals surface area contributed by atoms with Crippen molar-refractivity contribution in [2.24, 2.45) is 0 Å². The van der Waals surface area contributed by atoms with E-state index in [9.17, 15) is 9.59 Å². The first-order valence-electron chi connectivity index (χ1n) is 5.91. The number of nitrogens with zero attached hydrogens (tertiary/aromatic N) is 1. The van der Waals surface area contributed by atoms with Crippen molar-refractivity contribution in [1.82, 2.24) is 15.5 Å². The van der Waals surface area contributed by atoms with Gasteiger partial charge in [-0.2, -0.15) is 0 Å². The highest BCUT2D eigenvalue weighted by atomic mass is 16.2. The number of benzene rings is 1. The molecule has 1 aliphatic heterocycles. The third kappa shape index (κ3) is 3.33. The van der Waals surface area contributed by atoms with E-state index in [-0.39, 0.29) is 5.91 Å². The van der Waals surface area contributed by atoms with Crippen LogP contribution < -0.4 is 10.6 Å². The lowest BCUT2D eigenvalue weighted by molar-refractivity contribution is -0.120. The molecule has 0 aromatic heterocycles. The maximum atomic E-state index is 11.5. The molecule has 19 heavy (non-hydrogen) atoms. The fourth-order valence-corrected chi connectivity index (χ4v) is 1.71. The quantitative estimate of drug-likeness (QED) is 0.598. The minimum absolute atomic E-state index is 0.323. The van der Waals surface area contributed by atoms with Gasteiger partial charge in [-0.15, -0.1) is 0 Å². The maximum absolute atomic E-state index is 11.5. The van der Waals surface area contributed by atoms with E-state index in [4.69, 9.17) is 0 Å². The second-order valence-electron chi connectivity index (χ2n) is 4.56. The van der Waals surface area contributed by atoms with Gasteiger partial charge >= 0.3 is 6.03 Å². The Morgan fingerprint density at radius 3 is 2.42 bits per heavy atom. The second-order valence-corrected chi connectivity index (χ2v) is 4.56. The summed E-state index contributed by atoms with van der Waals surface area (Å²) in [6, 6.07) is 6.23. The van der Waals surface area contributed by atoms with Crippen molar-refractivity contribution >= 4 is 11.9 Å². The highest BCUT2D eigenvalue weighted by Crippen LogP contribution is 2.16. The molecule has 1 aromatic rings. The minimum atomic E-state index is -0.601. The second kappa shape index (κ2) is 5.55. The number of hydrogen-bond acceptors (Lipinski definition) is 3. The first-order valence-corrected chi connectivity index (χ1v) is 5.91. The fraction of sp³-hybridized carbons (Fsp3) is 0.286. The molecule has 1 saturated heterocycles. The predicted molar refractivity (Wildman–Crippen MR) is 71.3 cm³/mol. The monoisotopic (exact) mass is 257 g/mol. The summed E-state index contributed by atoms with van der Waals surface area (Å²) < 4.78 is 0. The van der Waals surface area contributed by atoms with Crippen LogP contribution in [0.1, 0.15) is 17.2 Å². The van der Waals surface area contributed by atoms with Gasteiger partial charge in [-0.05, 0) is 31.8 Å². The number of hydrogen-bond donors (Lipinski definition) is 2. The van der Waals surface area contributed by atoms with Gasteiger partial charge in [0.05, 0.1) is 6.54 Å². The lowest BCUT2D eigenvalue weighted by atomic mass is 10.1. The average molecular weight is 257 g/mol. The summed E-state index contributed by atoms with van der Waals surface area (Å²) in [6.45, 7) is 0.697. The van der Waals surface area contributed by atoms with Crippen molar-refractivity contribution in [3.05, 3.63) is 35.4 Å². The SMILES string of the molecule is CN(C)CC#Cc1ccc([C@@H]2NC(=O)NC2=O)cc1. The Balaban J connectivity index is 2.08. The Morgan fingerprint density at radius 1 is 1.21 bits per heavy atom. The van der Waals surface area contributed by atoms with Crippen LogP contribution in [0.3, 0.4) is 0 Å². The van der Waals surface area contributed by atoms with Crippen LogP contribution >= 0.6 is 0 Å². The fourth-order valence-electron chi connectivity index (χ4n) is 1.71. The van der Waals surface area contributed by atoms with Gasteiger partial charge in [0.2, 0.25) is 0 Å². The summed E-state index contributed by atoms with van der Waals surface area (Å²) in [5, 5.41) is 4.76. The zero-order valence-electron chi connectivity index (χ0n) is 10.9. The summed E-state index contributed by atoms with van der Waals surface area (Å²) in [7, 11) is 3.92. The molecule has 1 heterocycles. The number of amides is 3. The molecule has 2 N–H and O–H groups in total. The van der Waals surface area contributed by atoms with E-state index in [1.54, 1.807) is 12.1 Å². The topological polar surface area (TPSA) is 61.4 Å². The third-order valence-corrected chi connectivity index (χ3v) is 2.65. The van der Waals surface area contributed by atoms with Gasteiger partial charge in [-0.1, -0.05) is 24.0 Å². The van der Waals surface area contributed by atoms with Crippen LogP contribution in [-0.2, 0) is 4.79 Å². The van der Waals surface area contributed by atoms with Gasteiger partial charge in [-0.25, -0.2) is 4.79 Å². The Morgan fingerprint density at radius 2 is 1.89 bits per heavy atom. The van der Waals surface area contributed by atoms with E-state index >= 15 is 0 Å². The Labute approximate surface area is 112 Å². The Hall–Kier alpha value is -2.32. The van der Waals surface area contributed by atoms with Crippen LogP contribution in [0, 0.1) is 11.8 Å². The molecule has 1 aromatic carbocycles. The van der Waals surface area contributed by atoms with Crippen LogP contribution in [0.25, 0.3) is 0 Å². The highest BCUT2D eigenvalue weighted by molar-refractivity contribution is 6.04. The smallest absolute Gasteiger partial charge is 0.322 e. The van der Waals surface area contributed by atoms with Gasteiger partial charge in [0.25, 0.3) is 5.91 Å². The van der Waals surface area contributed by atoms with Crippen molar-refractivity contribution in [3.8, 4) is 11.8 Å². The number of carbonyl (C=O) groups excluding carboxylic acids is 2. The molecule has 1 fully saturated rings. The third-order valence-electron chi connectivity index (χ3n) is 2.65. The van der Waals surface area contributed by atoms with Gasteiger partial charge < -0.3 is 5.32 Å². The molecule has 0 saturated carbocycles. The van der Waals surface area contributed by atoms with Gasteiger partial charge in [0.15, 0.2) is 0 Å². The first kappa shape index (κ1) is 13.1. The maximum Gasteiger partial charge on any atom is 0.322 e. The van der Waals surface area contributed by atoms with Crippen LogP contribution in [0.5, 0.6) is 0 Å². The molecule has 1 aliphatic rings. The van der Waals surface area contributed by atoms with Crippen LogP contribution in [-0.4, -0.2) is 37.5 Å². The van der Waals surface area contributed by atoms with E-state index in [0.717, 1.165) is 11.1 Å². The molecule has 2 rings (SSSR count). The molecule has 3 amide bonds. The highest BCUT2D eigenvalue weighted by Gasteiger charge is 2.30. The molecule has 5 nitrogen and oxygen atoms in total. The zero-order chi connectivity index (χ0) is 13.8. The molecule has 0 bridgehead atoms. The van der Waals surface area contributed by atoms with Crippen molar-refractivity contribution < 1.29 is 9.59 Å². The first-order chi connectivity index (χ1) is 9.06. The summed E-state index contributed by atoms with van der Waals surface area (Å²) in [6.07, 6.45) is 0. The summed E-state index contributed by atoms with van der Waals surface area (Å²) >= 11 is 0. The van der Waals surface area contributed by atoms with E-state index in [1.807, 2.05) is 31.1 Å². The number of urea groups is 1. The zero-order valence-corrected chi connectivity index (χ0v) is 10.9. The normalized spacial score (nSPS) is 17.7. The van der Waals surface area contributed by atoms with Crippen molar-refractivity contribution in [2.45, 2.75) is 6.04 Å². The lowest BCUT2D eigenvalue weighted by Gasteiger charge is -2.07. The minimum Gasteiger partial charge on any atom is -0.322 e. The molecule has 0 radical (unpaired) electrons. The van der Waals surface area contributed by atoms with E-state index in [2.05, 4.69) is 22.5 Å². The summed E-state index contributed by atoms with van der Waals surface area (Å²) in [5.41, 5.74) is 1.64. The molecule has 0 spiro atoms. The van der Waals surface area contributed by atoms with Crippen LogP contribution in [0.2, 0.25) is 0 Å². The number of nitrogens with one attached hydrogen (secondary N) is 2. The molecular weight excluding hydrogens is 242 g/mol. The molecule has 0 aliphatic carbocycles. The van der Waals surface area contributed by atoms with Crippen LogP contribution in [0.4, 0.5) is 4.79 Å². The van der Waals surface area contributed by atoms with Gasteiger partial charge in [0.1, 0.15) is 6.04 Å². The van der Waals surface area contributed by atoms with Crippen molar-refractivity contribution in [1.29, 1.82) is 0 Å². The molecular formula is C14H15N3O2. The summed E-state index contributed by atoms with van der Waals surface area (Å²) in [5.74, 6) is 5.74. The van der Waals surface area contributed by atoms with Crippen LogP contribution in [0.15, 0.2) is 24.3 Å². The molecule has 1 atom stereocenters. The molecule has 0 unspecified atom stereocenters. The van der Waals surface area contributed by atoms with Gasteiger partial charge in [0, 0.05) is 5.56 Å². The standard InChI is InChI=1S/C14H15N3O2/c1-17(2)9-3-4-10-5-7-11(8-6-10)12-13(18)16-14(19)15-12/h5-8,12H,9H2,1-2H3,(H2,15,16,18,19)/t12-/m0/s1. The van der Waals surface area contributed by atoms with Crippen molar-refractivity contribution in [3.63, 3.8) is 0 Å². The molecule has 5 heteroatoms. The number of carbonyl (C=O) groups is 2. The largest absolute Gasteiger partial charge is 0.322 e. The van der Waals surface area contributed by atoms with E-state index in [1.165, 1.54) is 0 Å². The predicted octanol–water partition coefficient (Wildman–Crippen LogP) is 0.480.